The first kappa shape index (κ1) is 20.7. The minimum absolute atomic E-state index is 0.0681. The van der Waals surface area contributed by atoms with Gasteiger partial charge in [-0.15, -0.1) is 0 Å². The number of anilines is 1. The van der Waals surface area contributed by atoms with Crippen LogP contribution in [0.3, 0.4) is 0 Å². The number of nitrogens with one attached hydrogen (secondary N) is 2. The molecule has 3 N–H and O–H groups in total. The number of amides is 2. The predicted molar refractivity (Wildman–Crippen MR) is 109 cm³/mol. The number of carboxylic acids is 1. The van der Waals surface area contributed by atoms with Crippen molar-refractivity contribution >= 4 is 17.7 Å². The van der Waals surface area contributed by atoms with Gasteiger partial charge in [-0.05, 0) is 36.4 Å². The molecule has 2 aromatic carbocycles. The summed E-state index contributed by atoms with van der Waals surface area (Å²) < 4.78 is 24.9. The van der Waals surface area contributed by atoms with E-state index in [1.54, 1.807) is 18.2 Å². The fourth-order valence-electron chi connectivity index (χ4n) is 2.68. The van der Waals surface area contributed by atoms with E-state index >= 15 is 0 Å². The van der Waals surface area contributed by atoms with Crippen molar-refractivity contribution in [2.45, 2.75) is 6.42 Å². The highest BCUT2D eigenvalue weighted by molar-refractivity contribution is 5.94. The van der Waals surface area contributed by atoms with Crippen LogP contribution in [0.4, 0.5) is 14.9 Å². The number of halogens is 1. The molecule has 0 radical (unpaired) electrons. The van der Waals surface area contributed by atoms with E-state index in [0.29, 0.717) is 23.6 Å². The van der Waals surface area contributed by atoms with Crippen LogP contribution < -0.4 is 20.1 Å². The van der Waals surface area contributed by atoms with E-state index in [0.717, 1.165) is 12.1 Å². The van der Waals surface area contributed by atoms with Crippen LogP contribution in [0.15, 0.2) is 78.2 Å². The summed E-state index contributed by atoms with van der Waals surface area (Å²) in [7, 11) is 1.26. The maximum Gasteiger partial charge on any atom is 0.339 e. The minimum Gasteiger partial charge on any atom is -0.496 e. The number of methoxy groups -OCH3 is 1. The van der Waals surface area contributed by atoms with Crippen LogP contribution >= 0.6 is 0 Å². The van der Waals surface area contributed by atoms with E-state index in [1.165, 1.54) is 7.11 Å². The van der Waals surface area contributed by atoms with Crippen LogP contribution in [0.25, 0.3) is 0 Å². The van der Waals surface area contributed by atoms with E-state index < -0.39 is 17.8 Å². The zero-order chi connectivity index (χ0) is 21.5. The van der Waals surface area contributed by atoms with Gasteiger partial charge in [0.05, 0.1) is 12.8 Å². The number of benzene rings is 2. The van der Waals surface area contributed by atoms with Crippen LogP contribution in [0.2, 0.25) is 0 Å². The van der Waals surface area contributed by atoms with E-state index in [2.05, 4.69) is 10.6 Å². The molecule has 0 bridgehead atoms. The van der Waals surface area contributed by atoms with Crippen LogP contribution in [-0.2, 0) is 0 Å². The Morgan fingerprint density at radius 3 is 2.57 bits per heavy atom. The molecule has 2 aromatic rings. The zero-order valence-corrected chi connectivity index (χ0v) is 16.0. The molecule has 3 rings (SSSR count). The maximum atomic E-state index is 14.2. The normalized spacial score (nSPS) is 12.9. The lowest BCUT2D eigenvalue weighted by Gasteiger charge is -2.12. The summed E-state index contributed by atoms with van der Waals surface area (Å²) in [5, 5.41) is 14.1. The van der Waals surface area contributed by atoms with Gasteiger partial charge in [0.15, 0.2) is 0 Å². The van der Waals surface area contributed by atoms with Crippen molar-refractivity contribution in [1.29, 1.82) is 0 Å². The summed E-state index contributed by atoms with van der Waals surface area (Å²) in [5.74, 6) is -1.01. The summed E-state index contributed by atoms with van der Waals surface area (Å²) in [4.78, 5) is 23.4. The summed E-state index contributed by atoms with van der Waals surface area (Å²) in [6.45, 7) is 0. The van der Waals surface area contributed by atoms with E-state index in [9.17, 15) is 14.0 Å². The van der Waals surface area contributed by atoms with Crippen molar-refractivity contribution in [3.63, 3.8) is 0 Å². The Kier molecular flexibility index (Phi) is 6.49. The molecule has 0 fully saturated rings. The molecule has 0 atom stereocenters. The lowest BCUT2D eigenvalue weighted by Crippen LogP contribution is -2.28. The molecule has 0 aliphatic heterocycles. The second-order valence-corrected chi connectivity index (χ2v) is 6.20. The highest BCUT2D eigenvalue weighted by Gasteiger charge is 2.17. The van der Waals surface area contributed by atoms with Gasteiger partial charge >= 0.3 is 12.0 Å². The Hall–Kier alpha value is -4.07. The Bertz CT molecular complexity index is 1040. The molecule has 0 heterocycles. The van der Waals surface area contributed by atoms with Gasteiger partial charge in [-0.2, -0.15) is 0 Å². The fourth-order valence-corrected chi connectivity index (χ4v) is 2.68. The number of urea groups is 1. The van der Waals surface area contributed by atoms with Gasteiger partial charge < -0.3 is 25.2 Å². The number of rotatable bonds is 6. The molecule has 0 saturated carbocycles. The molecule has 1 aliphatic rings. The summed E-state index contributed by atoms with van der Waals surface area (Å²) in [6.07, 6.45) is 7.42. The number of carboxylic acid groups (broad SMARTS) is 1. The monoisotopic (exact) mass is 410 g/mol. The van der Waals surface area contributed by atoms with Crippen LogP contribution in [0.1, 0.15) is 16.8 Å². The van der Waals surface area contributed by atoms with Gasteiger partial charge in [-0.1, -0.05) is 24.3 Å². The number of aromatic carboxylic acids is 1. The molecule has 7 nitrogen and oxygen atoms in total. The van der Waals surface area contributed by atoms with Gasteiger partial charge in [0.25, 0.3) is 0 Å². The van der Waals surface area contributed by atoms with E-state index in [4.69, 9.17) is 14.6 Å². The molecule has 0 spiro atoms. The third-order valence-corrected chi connectivity index (χ3v) is 4.09. The first-order chi connectivity index (χ1) is 14.5. The molecule has 0 aromatic heterocycles. The summed E-state index contributed by atoms with van der Waals surface area (Å²) >= 11 is 0. The molecule has 154 valence electrons. The molecular formula is C22H19FN2O5. The predicted octanol–water partition coefficient (Wildman–Crippen LogP) is 4.46. The van der Waals surface area contributed by atoms with Gasteiger partial charge in [-0.25, -0.2) is 14.0 Å². The van der Waals surface area contributed by atoms with Crippen molar-refractivity contribution in [2.75, 3.05) is 12.4 Å². The average molecular weight is 410 g/mol. The van der Waals surface area contributed by atoms with Crippen LogP contribution in [0.5, 0.6) is 11.5 Å². The first-order valence-corrected chi connectivity index (χ1v) is 8.95. The number of para-hydroxylation sites is 1. The topological polar surface area (TPSA) is 96.9 Å². The molecule has 2 amide bonds. The lowest BCUT2D eigenvalue weighted by atomic mass is 10.1. The van der Waals surface area contributed by atoms with Gasteiger partial charge in [0.1, 0.15) is 28.6 Å². The number of hydrogen-bond acceptors (Lipinski definition) is 4. The molecule has 1 aliphatic carbocycles. The highest BCUT2D eigenvalue weighted by atomic mass is 19.1. The molecule has 8 heteroatoms. The van der Waals surface area contributed by atoms with Gasteiger partial charge in [0.2, 0.25) is 0 Å². The van der Waals surface area contributed by atoms with Crippen molar-refractivity contribution in [1.82, 2.24) is 5.32 Å². The highest BCUT2D eigenvalue weighted by Crippen LogP contribution is 2.26. The molecule has 30 heavy (non-hydrogen) atoms. The van der Waals surface area contributed by atoms with Crippen molar-refractivity contribution in [2.24, 2.45) is 0 Å². The third kappa shape index (κ3) is 5.26. The minimum atomic E-state index is -1.34. The van der Waals surface area contributed by atoms with Crippen LogP contribution in [0, 0.1) is 5.82 Å². The van der Waals surface area contributed by atoms with Gasteiger partial charge in [0, 0.05) is 18.2 Å². The fraction of sp³-hybridized carbons (Fsp3) is 0.0909. The third-order valence-electron chi connectivity index (χ3n) is 4.09. The second-order valence-electron chi connectivity index (χ2n) is 6.20. The smallest absolute Gasteiger partial charge is 0.339 e. The zero-order valence-electron chi connectivity index (χ0n) is 16.0. The van der Waals surface area contributed by atoms with Crippen LogP contribution in [-0.4, -0.2) is 24.2 Å². The Morgan fingerprint density at radius 1 is 1.10 bits per heavy atom. The first-order valence-electron chi connectivity index (χ1n) is 8.95. The van der Waals surface area contributed by atoms with Gasteiger partial charge in [-0.3, -0.25) is 0 Å². The Labute approximate surface area is 172 Å². The van der Waals surface area contributed by atoms with Crippen molar-refractivity contribution in [3.05, 3.63) is 89.6 Å². The standard InChI is InChI=1S/C22H19FN2O5/c1-29-20-13-19(18(23)12-17(20)21(26)27)25-22(28)24-14-6-5-9-16(11-10-14)30-15-7-3-2-4-8-15/h2-5,7-13H,6H2,1H3,(H,26,27)(H2,24,25,28). The number of ether oxygens (including phenoxy) is 2. The Balaban J connectivity index is 1.68. The van der Waals surface area contributed by atoms with Crippen molar-refractivity contribution < 1.29 is 28.6 Å². The molecular weight excluding hydrogens is 391 g/mol. The largest absolute Gasteiger partial charge is 0.496 e. The molecule has 0 unspecified atom stereocenters. The Morgan fingerprint density at radius 2 is 1.87 bits per heavy atom. The molecule has 0 saturated heterocycles. The lowest BCUT2D eigenvalue weighted by molar-refractivity contribution is 0.0692. The summed E-state index contributed by atoms with van der Waals surface area (Å²) in [6, 6.07) is 10.5. The SMILES string of the molecule is COc1cc(NC(=O)NC2=CC=C(Oc3ccccc3)C=CC2)c(F)cc1C(=O)O. The number of allylic oxidation sites excluding steroid dienone is 4. The quantitative estimate of drug-likeness (QED) is 0.653. The summed E-state index contributed by atoms with van der Waals surface area (Å²) in [5.41, 5.74) is 0.0151. The number of carbonyl (C=O) groups excluding carboxylic acids is 1. The second kappa shape index (κ2) is 9.42. The number of carbonyl (C=O) groups is 2. The van der Waals surface area contributed by atoms with E-state index in [-0.39, 0.29) is 17.0 Å². The maximum absolute atomic E-state index is 14.2. The van der Waals surface area contributed by atoms with E-state index in [1.807, 2.05) is 36.4 Å². The number of hydrogen-bond donors (Lipinski definition) is 3. The average Bonchev–Trinajstić information content (AvgIpc) is 2.94. The van der Waals surface area contributed by atoms with Crippen molar-refractivity contribution in [3.8, 4) is 11.5 Å².